The molecule has 1 aromatic heterocycles. The van der Waals surface area contributed by atoms with Crippen molar-refractivity contribution >= 4 is 57.5 Å². The molecule has 0 aliphatic carbocycles. The number of esters is 1. The molecule has 0 atom stereocenters. The fraction of sp³-hybridized carbons (Fsp3) is 0.107. The molecule has 1 N–H and O–H groups in total. The largest absolute Gasteiger partial charge is 0.461 e. The minimum atomic E-state index is -0.401. The van der Waals surface area contributed by atoms with Gasteiger partial charge in [-0.15, -0.1) is 0 Å². The van der Waals surface area contributed by atoms with Gasteiger partial charge in [-0.2, -0.15) is 0 Å². The summed E-state index contributed by atoms with van der Waals surface area (Å²) in [7, 11) is 0. The van der Waals surface area contributed by atoms with Crippen molar-refractivity contribution in [2.45, 2.75) is 13.5 Å². The molecule has 1 fully saturated rings. The number of carbonyl (C=O) groups excluding carboxylic acids is 3. The molecule has 2 amide bonds. The standard InChI is InChI=1S/C28H21ClN2O4S/c1-2-35-27(33)25-24(19-11-7-17(8-12-19)15-23-26(32)30-28(34)36-23)21-5-3-4-6-22(21)31(25)16-18-9-13-20(29)14-10-18/h3-15H,2,16H2,1H3,(H,30,32,34)/b23-15+. The van der Waals surface area contributed by atoms with Gasteiger partial charge in [0, 0.05) is 28.0 Å². The van der Waals surface area contributed by atoms with Gasteiger partial charge >= 0.3 is 5.97 Å². The van der Waals surface area contributed by atoms with Crippen molar-refractivity contribution in [1.29, 1.82) is 0 Å². The van der Waals surface area contributed by atoms with E-state index in [2.05, 4.69) is 5.32 Å². The second-order valence-corrected chi connectivity index (χ2v) is 9.60. The number of carbonyl (C=O) groups is 3. The number of nitrogens with one attached hydrogen (secondary N) is 1. The number of aromatic nitrogens is 1. The van der Waals surface area contributed by atoms with Gasteiger partial charge < -0.3 is 9.30 Å². The molecular weight excluding hydrogens is 496 g/mol. The van der Waals surface area contributed by atoms with E-state index in [0.717, 1.165) is 44.9 Å². The van der Waals surface area contributed by atoms with E-state index in [1.54, 1.807) is 13.0 Å². The zero-order valence-electron chi connectivity index (χ0n) is 19.3. The number of hydrogen-bond acceptors (Lipinski definition) is 5. The highest BCUT2D eigenvalue weighted by Crippen LogP contribution is 2.37. The number of fused-ring (bicyclic) bond motifs is 1. The Hall–Kier alpha value is -3.81. The number of rotatable bonds is 6. The molecule has 5 rings (SSSR count). The molecule has 0 spiro atoms. The maximum absolute atomic E-state index is 13.3. The van der Waals surface area contributed by atoms with E-state index in [-0.39, 0.29) is 11.8 Å². The highest BCUT2D eigenvalue weighted by Gasteiger charge is 2.26. The summed E-state index contributed by atoms with van der Waals surface area (Å²) in [6, 6.07) is 22.9. The third-order valence-corrected chi connectivity index (χ3v) is 6.90. The summed E-state index contributed by atoms with van der Waals surface area (Å²) < 4.78 is 7.46. The van der Waals surface area contributed by atoms with Gasteiger partial charge in [0.25, 0.3) is 11.1 Å². The van der Waals surface area contributed by atoms with Gasteiger partial charge in [-0.05, 0) is 59.7 Å². The lowest BCUT2D eigenvalue weighted by molar-refractivity contribution is -0.115. The average molecular weight is 517 g/mol. The van der Waals surface area contributed by atoms with E-state index in [0.29, 0.717) is 22.2 Å². The quantitative estimate of drug-likeness (QED) is 0.233. The van der Waals surface area contributed by atoms with E-state index in [9.17, 15) is 14.4 Å². The zero-order chi connectivity index (χ0) is 25.2. The highest BCUT2D eigenvalue weighted by atomic mass is 35.5. The Morgan fingerprint density at radius 3 is 2.42 bits per heavy atom. The molecule has 6 nitrogen and oxygen atoms in total. The normalized spacial score (nSPS) is 14.4. The molecule has 1 aliphatic heterocycles. The summed E-state index contributed by atoms with van der Waals surface area (Å²) in [6.07, 6.45) is 1.67. The topological polar surface area (TPSA) is 77.4 Å². The van der Waals surface area contributed by atoms with E-state index in [1.165, 1.54) is 0 Å². The molecule has 0 unspecified atom stereocenters. The van der Waals surface area contributed by atoms with Crippen LogP contribution in [-0.4, -0.2) is 28.3 Å². The van der Waals surface area contributed by atoms with Crippen molar-refractivity contribution < 1.29 is 19.1 Å². The molecule has 0 radical (unpaired) electrons. The predicted octanol–water partition coefficient (Wildman–Crippen LogP) is 6.51. The molecule has 180 valence electrons. The number of para-hydroxylation sites is 1. The number of halogens is 1. The minimum absolute atomic E-state index is 0.256. The van der Waals surface area contributed by atoms with Gasteiger partial charge in [0.15, 0.2) is 0 Å². The summed E-state index contributed by atoms with van der Waals surface area (Å²) in [5.74, 6) is -0.801. The summed E-state index contributed by atoms with van der Waals surface area (Å²) in [5.41, 5.74) is 4.77. The molecule has 1 aliphatic rings. The third-order valence-electron chi connectivity index (χ3n) is 5.83. The van der Waals surface area contributed by atoms with Gasteiger partial charge in [-0.25, -0.2) is 4.79 Å². The van der Waals surface area contributed by atoms with Crippen LogP contribution in [-0.2, 0) is 16.1 Å². The first-order valence-corrected chi connectivity index (χ1v) is 12.5. The van der Waals surface area contributed by atoms with E-state index >= 15 is 0 Å². The second kappa shape index (κ2) is 10.0. The van der Waals surface area contributed by atoms with Gasteiger partial charge in [-0.1, -0.05) is 66.2 Å². The van der Waals surface area contributed by atoms with Crippen molar-refractivity contribution in [3.63, 3.8) is 0 Å². The third kappa shape index (κ3) is 4.67. The molecule has 3 aromatic carbocycles. The van der Waals surface area contributed by atoms with Crippen molar-refractivity contribution in [3.8, 4) is 11.1 Å². The zero-order valence-corrected chi connectivity index (χ0v) is 20.9. The van der Waals surface area contributed by atoms with Crippen LogP contribution in [0.2, 0.25) is 5.02 Å². The van der Waals surface area contributed by atoms with Crippen molar-refractivity contribution in [2.24, 2.45) is 0 Å². The average Bonchev–Trinajstić information content (AvgIpc) is 3.37. The molecule has 1 saturated heterocycles. The summed E-state index contributed by atoms with van der Waals surface area (Å²) in [5, 5.41) is 3.45. The van der Waals surface area contributed by atoms with Crippen molar-refractivity contribution in [2.75, 3.05) is 6.61 Å². The molecule has 4 aromatic rings. The number of amides is 2. The summed E-state index contributed by atoms with van der Waals surface area (Å²) in [6.45, 7) is 2.51. The Balaban J connectivity index is 1.63. The molecule has 2 heterocycles. The summed E-state index contributed by atoms with van der Waals surface area (Å²) in [4.78, 5) is 37.0. The molecule has 0 saturated carbocycles. The van der Waals surface area contributed by atoms with Crippen LogP contribution < -0.4 is 5.32 Å². The maximum atomic E-state index is 13.3. The van der Waals surface area contributed by atoms with Gasteiger partial charge in [0.2, 0.25) is 0 Å². The van der Waals surface area contributed by atoms with Crippen LogP contribution in [0.1, 0.15) is 28.5 Å². The van der Waals surface area contributed by atoms with Crippen molar-refractivity contribution in [1.82, 2.24) is 9.88 Å². The first kappa shape index (κ1) is 23.9. The van der Waals surface area contributed by atoms with Crippen LogP contribution in [0.3, 0.4) is 0 Å². The smallest absolute Gasteiger partial charge is 0.355 e. The maximum Gasteiger partial charge on any atom is 0.355 e. The number of ether oxygens (including phenoxy) is 1. The number of imide groups is 1. The first-order valence-electron chi connectivity index (χ1n) is 11.3. The number of nitrogens with zero attached hydrogens (tertiary/aromatic N) is 1. The number of benzene rings is 3. The molecule has 8 heteroatoms. The molecule has 36 heavy (non-hydrogen) atoms. The van der Waals surface area contributed by atoms with Crippen LogP contribution in [0.15, 0.2) is 77.7 Å². The lowest BCUT2D eigenvalue weighted by Crippen LogP contribution is -2.17. The molecule has 0 bridgehead atoms. The minimum Gasteiger partial charge on any atom is -0.461 e. The lowest BCUT2D eigenvalue weighted by atomic mass is 10.00. The van der Waals surface area contributed by atoms with E-state index in [4.69, 9.17) is 16.3 Å². The predicted molar refractivity (Wildman–Crippen MR) is 143 cm³/mol. The number of hydrogen-bond donors (Lipinski definition) is 1. The monoisotopic (exact) mass is 516 g/mol. The van der Waals surface area contributed by atoms with Crippen LogP contribution in [0.25, 0.3) is 28.1 Å². The van der Waals surface area contributed by atoms with Gasteiger partial charge in [0.1, 0.15) is 5.69 Å². The lowest BCUT2D eigenvalue weighted by Gasteiger charge is -2.12. The fourth-order valence-electron chi connectivity index (χ4n) is 4.26. The Bertz CT molecular complexity index is 1520. The van der Waals surface area contributed by atoms with Gasteiger partial charge in [-0.3, -0.25) is 14.9 Å². The Morgan fingerprint density at radius 1 is 1.03 bits per heavy atom. The van der Waals surface area contributed by atoms with E-state index < -0.39 is 11.9 Å². The Labute approximate surface area is 216 Å². The fourth-order valence-corrected chi connectivity index (χ4v) is 5.07. The Morgan fingerprint density at radius 2 is 1.75 bits per heavy atom. The SMILES string of the molecule is CCOC(=O)c1c(-c2ccc(/C=C3/SC(=O)NC3=O)cc2)c2ccccc2n1Cc1ccc(Cl)cc1. The van der Waals surface area contributed by atoms with Crippen molar-refractivity contribution in [3.05, 3.63) is 99.5 Å². The highest BCUT2D eigenvalue weighted by molar-refractivity contribution is 8.18. The van der Waals surface area contributed by atoms with E-state index in [1.807, 2.05) is 77.4 Å². The molecular formula is C28H21ClN2O4S. The van der Waals surface area contributed by atoms with Gasteiger partial charge in [0.05, 0.1) is 11.5 Å². The number of thioether (sulfide) groups is 1. The summed E-state index contributed by atoms with van der Waals surface area (Å²) >= 11 is 6.95. The Kier molecular flexibility index (Phi) is 6.67. The first-order chi connectivity index (χ1) is 17.4. The van der Waals surface area contributed by atoms with Crippen LogP contribution in [0, 0.1) is 0 Å². The van der Waals surface area contributed by atoms with Crippen LogP contribution in [0.4, 0.5) is 4.79 Å². The second-order valence-electron chi connectivity index (χ2n) is 8.15. The van der Waals surface area contributed by atoms with Crippen LogP contribution in [0.5, 0.6) is 0 Å². The van der Waals surface area contributed by atoms with Crippen LogP contribution >= 0.6 is 23.4 Å².